The van der Waals surface area contributed by atoms with E-state index in [9.17, 15) is 4.79 Å². The molecule has 9 heteroatoms. The van der Waals surface area contributed by atoms with Crippen LogP contribution in [0.2, 0.25) is 0 Å². The third kappa shape index (κ3) is 16.6. The number of nitrogens with two attached hydrogens (primary N) is 5. The van der Waals surface area contributed by atoms with Gasteiger partial charge in [0.1, 0.15) is 6.04 Å². The zero-order chi connectivity index (χ0) is 13.8. The molecular formula is C8H21N7O2. The second kappa shape index (κ2) is 10.5. The van der Waals surface area contributed by atoms with Gasteiger partial charge in [0.25, 0.3) is 0 Å². The highest BCUT2D eigenvalue weighted by Crippen LogP contribution is 1.96. The number of methoxy groups -OCH3 is 1. The van der Waals surface area contributed by atoms with Gasteiger partial charge in [0.05, 0.1) is 7.11 Å². The summed E-state index contributed by atoms with van der Waals surface area (Å²) in [6, 6.07) is -0.584. The maximum atomic E-state index is 10.8. The summed E-state index contributed by atoms with van der Waals surface area (Å²) in [4.78, 5) is 14.6. The van der Waals surface area contributed by atoms with Gasteiger partial charge < -0.3 is 33.4 Å². The first-order valence-electron chi connectivity index (χ1n) is 4.79. The van der Waals surface area contributed by atoms with Crippen molar-refractivity contribution in [1.29, 1.82) is 5.41 Å². The smallest absolute Gasteiger partial charge is 0.322 e. The van der Waals surface area contributed by atoms with Crippen molar-refractivity contribution in [3.05, 3.63) is 0 Å². The predicted octanol–water partition coefficient (Wildman–Crippen LogP) is -2.62. The molecule has 1 atom stereocenters. The van der Waals surface area contributed by atoms with E-state index in [1.807, 2.05) is 0 Å². The molecular weight excluding hydrogens is 226 g/mol. The summed E-state index contributed by atoms with van der Waals surface area (Å²) < 4.78 is 4.44. The number of guanidine groups is 2. The summed E-state index contributed by atoms with van der Waals surface area (Å²) in [6.45, 7) is 0.479. The number of carbonyl (C=O) groups is 1. The van der Waals surface area contributed by atoms with Crippen LogP contribution in [0.5, 0.6) is 0 Å². The highest BCUT2D eigenvalue weighted by atomic mass is 16.5. The second-order valence-corrected chi connectivity index (χ2v) is 3.03. The summed E-state index contributed by atoms with van der Waals surface area (Å²) in [7, 11) is 1.30. The zero-order valence-electron chi connectivity index (χ0n) is 9.85. The summed E-state index contributed by atoms with van der Waals surface area (Å²) in [5, 5.41) is 6.06. The number of hydrogen-bond acceptors (Lipinski definition) is 5. The Morgan fingerprint density at radius 2 is 1.82 bits per heavy atom. The predicted molar refractivity (Wildman–Crippen MR) is 66.0 cm³/mol. The molecule has 0 saturated carbocycles. The fourth-order valence-electron chi connectivity index (χ4n) is 0.789. The molecule has 0 bridgehead atoms. The van der Waals surface area contributed by atoms with Crippen molar-refractivity contribution >= 4 is 17.9 Å². The van der Waals surface area contributed by atoms with Crippen LogP contribution in [-0.4, -0.2) is 37.6 Å². The first-order chi connectivity index (χ1) is 7.81. The van der Waals surface area contributed by atoms with E-state index in [0.717, 1.165) is 0 Å². The van der Waals surface area contributed by atoms with E-state index in [0.29, 0.717) is 19.4 Å². The number of hydrogen-bond donors (Lipinski definition) is 6. The van der Waals surface area contributed by atoms with Crippen LogP contribution in [0.4, 0.5) is 0 Å². The van der Waals surface area contributed by atoms with Crippen LogP contribution in [0.25, 0.3) is 0 Å². The lowest BCUT2D eigenvalue weighted by atomic mass is 10.2. The Morgan fingerprint density at radius 3 is 2.18 bits per heavy atom. The largest absolute Gasteiger partial charge is 0.468 e. The van der Waals surface area contributed by atoms with Crippen molar-refractivity contribution in [3.8, 4) is 0 Å². The van der Waals surface area contributed by atoms with Gasteiger partial charge in [-0.25, -0.2) is 0 Å². The number of carbonyl (C=O) groups excluding carboxylic acids is 1. The first-order valence-corrected chi connectivity index (χ1v) is 4.79. The average Bonchev–Trinajstić information content (AvgIpc) is 2.21. The van der Waals surface area contributed by atoms with Crippen LogP contribution < -0.4 is 28.7 Å². The molecule has 0 aromatic rings. The van der Waals surface area contributed by atoms with E-state index in [2.05, 4.69) is 21.2 Å². The van der Waals surface area contributed by atoms with Crippen LogP contribution in [0.1, 0.15) is 12.8 Å². The quantitative estimate of drug-likeness (QED) is 0.132. The Balaban J connectivity index is 0. The molecule has 0 fully saturated rings. The fourth-order valence-corrected chi connectivity index (χ4v) is 0.789. The molecule has 100 valence electrons. The highest BCUT2D eigenvalue weighted by molar-refractivity contribution is 5.76. The average molecular weight is 247 g/mol. The number of nitrogens with one attached hydrogen (secondary N) is 1. The molecule has 0 aliphatic rings. The van der Waals surface area contributed by atoms with E-state index >= 15 is 0 Å². The molecule has 0 rings (SSSR count). The van der Waals surface area contributed by atoms with E-state index < -0.39 is 12.0 Å². The van der Waals surface area contributed by atoms with Crippen LogP contribution in [0.3, 0.4) is 0 Å². The van der Waals surface area contributed by atoms with Crippen molar-refractivity contribution in [1.82, 2.24) is 0 Å². The summed E-state index contributed by atoms with van der Waals surface area (Å²) in [6.07, 6.45) is 1.18. The van der Waals surface area contributed by atoms with Crippen molar-refractivity contribution in [3.63, 3.8) is 0 Å². The lowest BCUT2D eigenvalue weighted by Gasteiger charge is -2.07. The Kier molecular flexibility index (Phi) is 10.7. The molecule has 0 aromatic heterocycles. The topological polar surface area (TPSA) is 193 Å². The summed E-state index contributed by atoms with van der Waals surface area (Å²) >= 11 is 0. The number of rotatable bonds is 5. The highest BCUT2D eigenvalue weighted by Gasteiger charge is 2.11. The van der Waals surface area contributed by atoms with E-state index in [1.165, 1.54) is 7.11 Å². The molecule has 0 radical (unpaired) electrons. The van der Waals surface area contributed by atoms with Crippen molar-refractivity contribution in [2.45, 2.75) is 18.9 Å². The minimum absolute atomic E-state index is 0.0478. The molecule has 17 heavy (non-hydrogen) atoms. The Bertz CT molecular complexity index is 259. The fraction of sp³-hybridized carbons (Fsp3) is 0.625. The lowest BCUT2D eigenvalue weighted by Crippen LogP contribution is -2.31. The van der Waals surface area contributed by atoms with E-state index in [-0.39, 0.29) is 11.9 Å². The molecule has 0 heterocycles. The normalized spacial score (nSPS) is 10.5. The second-order valence-electron chi connectivity index (χ2n) is 3.03. The third-order valence-corrected chi connectivity index (χ3v) is 1.47. The van der Waals surface area contributed by atoms with Crippen LogP contribution in [-0.2, 0) is 9.53 Å². The molecule has 0 spiro atoms. The molecule has 11 N–H and O–H groups in total. The Labute approximate surface area is 99.9 Å². The molecule has 1 unspecified atom stereocenters. The minimum Gasteiger partial charge on any atom is -0.468 e. The Hall–Kier alpha value is -2.03. The Morgan fingerprint density at radius 1 is 1.35 bits per heavy atom. The molecule has 0 aliphatic carbocycles. The van der Waals surface area contributed by atoms with Gasteiger partial charge in [-0.05, 0) is 12.8 Å². The van der Waals surface area contributed by atoms with Gasteiger partial charge in [0.2, 0.25) is 0 Å². The van der Waals surface area contributed by atoms with Gasteiger partial charge in [0, 0.05) is 6.54 Å². The van der Waals surface area contributed by atoms with E-state index in [1.54, 1.807) is 0 Å². The summed E-state index contributed by atoms with van der Waals surface area (Å²) in [5.41, 5.74) is 24.6. The summed E-state index contributed by atoms with van der Waals surface area (Å²) in [5.74, 6) is -0.698. The van der Waals surface area contributed by atoms with Crippen LogP contribution in [0.15, 0.2) is 4.99 Å². The molecule has 0 aliphatic heterocycles. The number of esters is 1. The van der Waals surface area contributed by atoms with Crippen molar-refractivity contribution in [2.75, 3.05) is 13.7 Å². The van der Waals surface area contributed by atoms with Crippen molar-refractivity contribution < 1.29 is 9.53 Å². The zero-order valence-corrected chi connectivity index (χ0v) is 9.85. The SMILES string of the molecule is COC(=O)C(N)CCCN=C(N)N.N=C(N)N. The van der Waals surface area contributed by atoms with Gasteiger partial charge in [-0.2, -0.15) is 0 Å². The van der Waals surface area contributed by atoms with Crippen LogP contribution >= 0.6 is 0 Å². The van der Waals surface area contributed by atoms with Crippen molar-refractivity contribution in [2.24, 2.45) is 33.7 Å². The molecule has 0 aromatic carbocycles. The van der Waals surface area contributed by atoms with Gasteiger partial charge in [-0.3, -0.25) is 15.2 Å². The molecule has 9 nitrogen and oxygen atoms in total. The molecule has 0 saturated heterocycles. The third-order valence-electron chi connectivity index (χ3n) is 1.47. The van der Waals surface area contributed by atoms with Gasteiger partial charge in [0.15, 0.2) is 11.9 Å². The minimum atomic E-state index is -0.584. The monoisotopic (exact) mass is 247 g/mol. The van der Waals surface area contributed by atoms with Crippen LogP contribution in [0, 0.1) is 5.41 Å². The van der Waals surface area contributed by atoms with Gasteiger partial charge >= 0.3 is 5.97 Å². The number of aliphatic imine (C=N–C) groups is 1. The standard InChI is InChI=1S/C7H16N4O2.CH5N3/c1-13-6(12)5(8)3-2-4-11-7(9)10;2-1(3)4/h5H,2-4,8H2,1H3,(H4,9,10,11);(H5,2,3,4). The lowest BCUT2D eigenvalue weighted by molar-refractivity contribution is -0.142. The first kappa shape index (κ1) is 17.4. The maximum absolute atomic E-state index is 10.8. The molecule has 0 amide bonds. The maximum Gasteiger partial charge on any atom is 0.322 e. The van der Waals surface area contributed by atoms with Gasteiger partial charge in [-0.1, -0.05) is 0 Å². The number of nitrogens with zero attached hydrogens (tertiary/aromatic N) is 1. The van der Waals surface area contributed by atoms with Gasteiger partial charge in [-0.15, -0.1) is 0 Å². The number of ether oxygens (including phenoxy) is 1. The van der Waals surface area contributed by atoms with E-state index in [4.69, 9.17) is 22.6 Å².